The predicted octanol–water partition coefficient (Wildman–Crippen LogP) is 0.963. The number of ether oxygens (including phenoxy) is 1. The maximum atomic E-state index is 11.6. The highest BCUT2D eigenvalue weighted by Crippen LogP contribution is 2.31. The van der Waals surface area contributed by atoms with E-state index in [4.69, 9.17) is 10.00 Å². The Hall–Kier alpha value is -2.06. The topological polar surface area (TPSA) is 65.4 Å². The molecule has 1 aromatic carbocycles. The molecule has 0 saturated heterocycles. The van der Waals surface area contributed by atoms with Crippen molar-refractivity contribution in [2.45, 2.75) is 0 Å². The lowest BCUT2D eigenvalue weighted by atomic mass is 10.1. The Balaban J connectivity index is 2.37. The molecule has 0 unspecified atom stereocenters. The average Bonchev–Trinajstić information content (AvgIpc) is 2.35. The van der Waals surface area contributed by atoms with Crippen molar-refractivity contribution in [3.63, 3.8) is 0 Å². The number of rotatable bonds is 3. The summed E-state index contributed by atoms with van der Waals surface area (Å²) in [6, 6.07) is 7.48. The minimum absolute atomic E-state index is 0.101. The Labute approximate surface area is 99.6 Å². The van der Waals surface area contributed by atoms with Crippen molar-refractivity contribution in [1.29, 1.82) is 5.26 Å². The van der Waals surface area contributed by atoms with E-state index in [0.29, 0.717) is 30.9 Å². The molecule has 1 heterocycles. The van der Waals surface area contributed by atoms with Crippen LogP contribution in [0.25, 0.3) is 0 Å². The van der Waals surface area contributed by atoms with Crippen molar-refractivity contribution in [2.75, 3.05) is 37.0 Å². The molecular weight excluding hydrogens is 218 g/mol. The minimum Gasteiger partial charge on any atom is -0.383 e. The number of fused-ring (bicyclic) bond motifs is 1. The highest BCUT2D eigenvalue weighted by atomic mass is 16.5. The van der Waals surface area contributed by atoms with Gasteiger partial charge in [-0.1, -0.05) is 6.07 Å². The molecule has 0 bridgehead atoms. The Bertz CT molecular complexity index is 479. The number of carbonyl (C=O) groups excluding carboxylic acids is 1. The van der Waals surface area contributed by atoms with E-state index in [-0.39, 0.29) is 5.91 Å². The molecule has 5 heteroatoms. The van der Waals surface area contributed by atoms with E-state index < -0.39 is 0 Å². The monoisotopic (exact) mass is 231 g/mol. The maximum absolute atomic E-state index is 11.6. The van der Waals surface area contributed by atoms with E-state index in [1.165, 1.54) is 0 Å². The first-order chi connectivity index (χ1) is 8.26. The van der Waals surface area contributed by atoms with Crippen LogP contribution in [-0.2, 0) is 9.53 Å². The number of carbonyl (C=O) groups is 1. The number of nitrogens with one attached hydrogen (secondary N) is 1. The van der Waals surface area contributed by atoms with Crippen LogP contribution in [0, 0.1) is 11.3 Å². The largest absolute Gasteiger partial charge is 0.383 e. The summed E-state index contributed by atoms with van der Waals surface area (Å²) in [5.41, 5.74) is 1.96. The van der Waals surface area contributed by atoms with E-state index in [0.717, 1.165) is 5.69 Å². The zero-order valence-electron chi connectivity index (χ0n) is 9.56. The number of para-hydroxylation sites is 1. The molecule has 2 rings (SSSR count). The second-order valence-electron chi connectivity index (χ2n) is 3.77. The molecule has 0 radical (unpaired) electrons. The van der Waals surface area contributed by atoms with Crippen LogP contribution in [0.3, 0.4) is 0 Å². The van der Waals surface area contributed by atoms with Crippen molar-refractivity contribution in [3.05, 3.63) is 23.8 Å². The van der Waals surface area contributed by atoms with Crippen LogP contribution in [0.15, 0.2) is 18.2 Å². The Kier molecular flexibility index (Phi) is 3.26. The first-order valence-corrected chi connectivity index (χ1v) is 5.33. The first kappa shape index (κ1) is 11.4. The van der Waals surface area contributed by atoms with Crippen molar-refractivity contribution < 1.29 is 9.53 Å². The van der Waals surface area contributed by atoms with E-state index in [1.54, 1.807) is 13.2 Å². The second-order valence-corrected chi connectivity index (χ2v) is 3.77. The standard InChI is InChI=1S/C12H13N3O2/c1-17-6-5-15-8-11(16)14-12-9(7-13)3-2-4-10(12)15/h2-4H,5-6,8H2,1H3,(H,14,16). The van der Waals surface area contributed by atoms with Gasteiger partial charge in [0, 0.05) is 13.7 Å². The molecule has 88 valence electrons. The Morgan fingerprint density at radius 3 is 3.12 bits per heavy atom. The molecule has 0 atom stereocenters. The fourth-order valence-electron chi connectivity index (χ4n) is 1.87. The van der Waals surface area contributed by atoms with Crippen LogP contribution >= 0.6 is 0 Å². The van der Waals surface area contributed by atoms with Gasteiger partial charge in [-0.15, -0.1) is 0 Å². The van der Waals surface area contributed by atoms with Gasteiger partial charge in [-0.2, -0.15) is 5.26 Å². The zero-order chi connectivity index (χ0) is 12.3. The molecule has 1 aromatic rings. The van der Waals surface area contributed by atoms with Crippen molar-refractivity contribution >= 4 is 17.3 Å². The third kappa shape index (κ3) is 2.22. The van der Waals surface area contributed by atoms with Crippen LogP contribution in [0.5, 0.6) is 0 Å². The number of nitriles is 1. The highest BCUT2D eigenvalue weighted by molar-refractivity contribution is 6.02. The van der Waals surface area contributed by atoms with Crippen LogP contribution in [0.2, 0.25) is 0 Å². The summed E-state index contributed by atoms with van der Waals surface area (Å²) in [5, 5.41) is 11.7. The van der Waals surface area contributed by atoms with Gasteiger partial charge < -0.3 is 15.0 Å². The molecule has 1 amide bonds. The summed E-state index contributed by atoms with van der Waals surface area (Å²) in [6.45, 7) is 1.47. The van der Waals surface area contributed by atoms with Gasteiger partial charge in [-0.05, 0) is 12.1 Å². The van der Waals surface area contributed by atoms with Gasteiger partial charge in [0.1, 0.15) is 6.07 Å². The third-order valence-corrected chi connectivity index (χ3v) is 2.67. The van der Waals surface area contributed by atoms with Crippen LogP contribution in [-0.4, -0.2) is 32.7 Å². The normalized spacial score (nSPS) is 13.9. The lowest BCUT2D eigenvalue weighted by molar-refractivity contribution is -0.115. The highest BCUT2D eigenvalue weighted by Gasteiger charge is 2.23. The van der Waals surface area contributed by atoms with Gasteiger partial charge in [0.05, 0.1) is 30.1 Å². The molecule has 5 nitrogen and oxygen atoms in total. The molecule has 1 aliphatic heterocycles. The summed E-state index contributed by atoms with van der Waals surface area (Å²) in [5.74, 6) is -0.101. The quantitative estimate of drug-likeness (QED) is 0.841. The number of nitrogens with zero attached hydrogens (tertiary/aromatic N) is 2. The van der Waals surface area contributed by atoms with Gasteiger partial charge in [0.15, 0.2) is 0 Å². The molecule has 0 aliphatic carbocycles. The van der Waals surface area contributed by atoms with Crippen LogP contribution < -0.4 is 10.2 Å². The maximum Gasteiger partial charge on any atom is 0.243 e. The van der Waals surface area contributed by atoms with Gasteiger partial charge in [0.25, 0.3) is 0 Å². The summed E-state index contributed by atoms with van der Waals surface area (Å²) in [6.07, 6.45) is 0. The fraction of sp³-hybridized carbons (Fsp3) is 0.333. The zero-order valence-corrected chi connectivity index (χ0v) is 9.56. The molecule has 0 fully saturated rings. The average molecular weight is 231 g/mol. The lowest BCUT2D eigenvalue weighted by Gasteiger charge is -2.31. The van der Waals surface area contributed by atoms with Gasteiger partial charge in [-0.25, -0.2) is 0 Å². The van der Waals surface area contributed by atoms with E-state index in [2.05, 4.69) is 11.4 Å². The minimum atomic E-state index is -0.101. The van der Waals surface area contributed by atoms with Gasteiger partial charge >= 0.3 is 0 Å². The smallest absolute Gasteiger partial charge is 0.243 e. The number of hydrogen-bond acceptors (Lipinski definition) is 4. The fourth-order valence-corrected chi connectivity index (χ4v) is 1.87. The van der Waals surface area contributed by atoms with E-state index >= 15 is 0 Å². The molecular formula is C12H13N3O2. The van der Waals surface area contributed by atoms with Gasteiger partial charge in [0.2, 0.25) is 5.91 Å². The molecule has 0 aromatic heterocycles. The van der Waals surface area contributed by atoms with E-state index in [9.17, 15) is 4.79 Å². The number of methoxy groups -OCH3 is 1. The molecule has 17 heavy (non-hydrogen) atoms. The Morgan fingerprint density at radius 2 is 2.41 bits per heavy atom. The van der Waals surface area contributed by atoms with Crippen LogP contribution in [0.1, 0.15) is 5.56 Å². The van der Waals surface area contributed by atoms with Crippen molar-refractivity contribution in [2.24, 2.45) is 0 Å². The van der Waals surface area contributed by atoms with Crippen molar-refractivity contribution in [3.8, 4) is 6.07 Å². The van der Waals surface area contributed by atoms with Gasteiger partial charge in [-0.3, -0.25) is 4.79 Å². The molecule has 1 N–H and O–H groups in total. The molecule has 1 aliphatic rings. The summed E-state index contributed by atoms with van der Waals surface area (Å²) in [7, 11) is 1.62. The predicted molar refractivity (Wildman–Crippen MR) is 63.9 cm³/mol. The summed E-state index contributed by atoms with van der Waals surface area (Å²) < 4.78 is 5.01. The third-order valence-electron chi connectivity index (χ3n) is 2.67. The first-order valence-electron chi connectivity index (χ1n) is 5.33. The lowest BCUT2D eigenvalue weighted by Crippen LogP contribution is -2.40. The second kappa shape index (κ2) is 4.85. The molecule has 0 saturated carbocycles. The number of hydrogen-bond donors (Lipinski definition) is 1. The van der Waals surface area contributed by atoms with Crippen LogP contribution in [0.4, 0.5) is 11.4 Å². The summed E-state index contributed by atoms with van der Waals surface area (Å²) in [4.78, 5) is 13.5. The number of anilines is 2. The Morgan fingerprint density at radius 1 is 1.59 bits per heavy atom. The van der Waals surface area contributed by atoms with E-state index in [1.807, 2.05) is 17.0 Å². The number of benzene rings is 1. The van der Waals surface area contributed by atoms with Crippen molar-refractivity contribution in [1.82, 2.24) is 0 Å². The number of amides is 1. The summed E-state index contributed by atoms with van der Waals surface area (Å²) >= 11 is 0. The molecule has 0 spiro atoms. The SMILES string of the molecule is COCCN1CC(=O)Nc2c(C#N)cccc21.